The molecule has 0 unspecified atom stereocenters. The number of hydrogen-bond acceptors (Lipinski definition) is 2. The topological polar surface area (TPSA) is 45.8 Å². The molecule has 14 heavy (non-hydrogen) atoms. The molecule has 0 fully saturated rings. The van der Waals surface area contributed by atoms with Gasteiger partial charge in [-0.05, 0) is 6.92 Å². The predicted octanol–water partition coefficient (Wildman–Crippen LogP) is 2.30. The number of nitrogens with one attached hydrogen (secondary N) is 1. The van der Waals surface area contributed by atoms with Gasteiger partial charge in [-0.25, -0.2) is 4.98 Å². The summed E-state index contributed by atoms with van der Waals surface area (Å²) in [6.07, 6.45) is 3.43. The smallest absolute Gasteiger partial charge is 0.136 e. The fourth-order valence-electron chi connectivity index (χ4n) is 1.37. The van der Waals surface area contributed by atoms with E-state index in [4.69, 9.17) is 0 Å². The summed E-state index contributed by atoms with van der Waals surface area (Å²) in [5.41, 5.74) is 0.382. The Balaban J connectivity index is 3.13. The van der Waals surface area contributed by atoms with E-state index in [1.54, 1.807) is 19.4 Å². The summed E-state index contributed by atoms with van der Waals surface area (Å²) in [6, 6.07) is 0. The zero-order chi connectivity index (χ0) is 11.0. The van der Waals surface area contributed by atoms with E-state index in [0.717, 1.165) is 5.69 Å². The van der Waals surface area contributed by atoms with Crippen LogP contribution in [-0.4, -0.2) is 15.8 Å². The molecule has 0 bridgehead atoms. The van der Waals surface area contributed by atoms with Gasteiger partial charge in [0, 0.05) is 22.7 Å². The van der Waals surface area contributed by atoms with Crippen LogP contribution in [0.5, 0.6) is 0 Å². The van der Waals surface area contributed by atoms with Gasteiger partial charge in [0.2, 0.25) is 0 Å². The van der Waals surface area contributed by atoms with Crippen LogP contribution in [0.2, 0.25) is 0 Å². The van der Waals surface area contributed by atoms with Crippen LogP contribution in [0.25, 0.3) is 0 Å². The second-order valence-electron chi connectivity index (χ2n) is 4.77. The second kappa shape index (κ2) is 3.23. The van der Waals surface area contributed by atoms with E-state index in [0.29, 0.717) is 0 Å². The molecule has 3 heteroatoms. The van der Waals surface area contributed by atoms with Gasteiger partial charge < -0.3 is 4.98 Å². The van der Waals surface area contributed by atoms with Crippen LogP contribution >= 0.6 is 0 Å². The van der Waals surface area contributed by atoms with Gasteiger partial charge in [-0.1, -0.05) is 27.7 Å². The third-order valence-corrected chi connectivity index (χ3v) is 3.61. The third kappa shape index (κ3) is 1.47. The maximum Gasteiger partial charge on any atom is 0.136 e. The van der Waals surface area contributed by atoms with E-state index in [1.807, 2.05) is 13.8 Å². The monoisotopic (exact) mass is 194 g/mol. The molecule has 0 aliphatic heterocycles. The van der Waals surface area contributed by atoms with E-state index in [-0.39, 0.29) is 16.6 Å². The van der Waals surface area contributed by atoms with Gasteiger partial charge in [-0.15, -0.1) is 0 Å². The number of H-pyrrole nitrogens is 1. The zero-order valence-corrected chi connectivity index (χ0v) is 9.51. The quantitative estimate of drug-likeness (QED) is 0.802. The standard InChI is InChI=1S/C11H18N2O/c1-8(14)10(2,3)11(4,5)9-6-12-7-13-9/h6-7H,1-5H3,(H,12,13). The highest BCUT2D eigenvalue weighted by Crippen LogP contribution is 2.40. The number of carbonyl (C=O) groups is 1. The highest BCUT2D eigenvalue weighted by Gasteiger charge is 2.42. The molecule has 1 heterocycles. The minimum atomic E-state index is -0.389. The molecule has 0 radical (unpaired) electrons. The molecule has 0 aliphatic rings. The molecule has 0 spiro atoms. The van der Waals surface area contributed by atoms with Crippen LogP contribution in [0, 0.1) is 5.41 Å². The zero-order valence-electron chi connectivity index (χ0n) is 9.51. The fourth-order valence-corrected chi connectivity index (χ4v) is 1.37. The number of aromatic amines is 1. The highest BCUT2D eigenvalue weighted by molar-refractivity contribution is 5.83. The average molecular weight is 194 g/mol. The van der Waals surface area contributed by atoms with Crippen molar-refractivity contribution in [1.82, 2.24) is 9.97 Å². The summed E-state index contributed by atoms with van der Waals surface area (Å²) >= 11 is 0. The first kappa shape index (κ1) is 11.0. The molecule has 0 saturated carbocycles. The van der Waals surface area contributed by atoms with Crippen molar-refractivity contribution >= 4 is 5.78 Å². The van der Waals surface area contributed by atoms with Crippen molar-refractivity contribution in [1.29, 1.82) is 0 Å². The molecule has 1 N–H and O–H groups in total. The molecule has 1 aromatic rings. The molecule has 0 amide bonds. The van der Waals surface area contributed by atoms with Crippen molar-refractivity contribution < 1.29 is 4.79 Å². The molecule has 0 aliphatic carbocycles. The Bertz CT molecular complexity index is 323. The highest BCUT2D eigenvalue weighted by atomic mass is 16.1. The predicted molar refractivity (Wildman–Crippen MR) is 56.1 cm³/mol. The van der Waals surface area contributed by atoms with Crippen LogP contribution in [0.15, 0.2) is 12.5 Å². The van der Waals surface area contributed by atoms with Gasteiger partial charge in [0.1, 0.15) is 5.78 Å². The Kier molecular flexibility index (Phi) is 2.52. The summed E-state index contributed by atoms with van der Waals surface area (Å²) in [5.74, 6) is 0.192. The van der Waals surface area contributed by atoms with Crippen molar-refractivity contribution in [3.63, 3.8) is 0 Å². The largest absolute Gasteiger partial charge is 0.348 e. The average Bonchev–Trinajstić information content (AvgIpc) is 2.55. The molecule has 0 aromatic carbocycles. The Morgan fingerprint density at radius 3 is 2.29 bits per heavy atom. The van der Waals surface area contributed by atoms with E-state index >= 15 is 0 Å². The Labute approximate surface area is 84.9 Å². The number of ketones is 1. The maximum atomic E-state index is 11.6. The number of nitrogens with zero attached hydrogens (tertiary/aromatic N) is 1. The van der Waals surface area contributed by atoms with E-state index < -0.39 is 0 Å². The van der Waals surface area contributed by atoms with Crippen LogP contribution in [-0.2, 0) is 10.2 Å². The van der Waals surface area contributed by atoms with Crippen molar-refractivity contribution in [2.45, 2.75) is 40.0 Å². The van der Waals surface area contributed by atoms with Gasteiger partial charge in [-0.2, -0.15) is 0 Å². The number of rotatable bonds is 3. The van der Waals surface area contributed by atoms with Gasteiger partial charge in [0.15, 0.2) is 0 Å². The first-order valence-electron chi connectivity index (χ1n) is 4.80. The minimum Gasteiger partial charge on any atom is -0.348 e. The SMILES string of the molecule is CC(=O)C(C)(C)C(C)(C)c1cnc[nH]1. The molecule has 1 rings (SSSR count). The first-order chi connectivity index (χ1) is 6.30. The van der Waals surface area contributed by atoms with Gasteiger partial charge in [-0.3, -0.25) is 4.79 Å². The van der Waals surface area contributed by atoms with E-state index in [2.05, 4.69) is 23.8 Å². The van der Waals surface area contributed by atoms with E-state index in [1.165, 1.54) is 0 Å². The van der Waals surface area contributed by atoms with Crippen molar-refractivity contribution in [3.05, 3.63) is 18.2 Å². The first-order valence-corrected chi connectivity index (χ1v) is 4.80. The number of carbonyl (C=O) groups excluding carboxylic acids is 1. The number of imidazole rings is 1. The molecular weight excluding hydrogens is 176 g/mol. The van der Waals surface area contributed by atoms with Crippen LogP contribution in [0.3, 0.4) is 0 Å². The number of aromatic nitrogens is 2. The lowest BCUT2D eigenvalue weighted by molar-refractivity contribution is -0.128. The van der Waals surface area contributed by atoms with Gasteiger partial charge in [0.25, 0.3) is 0 Å². The van der Waals surface area contributed by atoms with Crippen LogP contribution < -0.4 is 0 Å². The summed E-state index contributed by atoms with van der Waals surface area (Å²) in [5, 5.41) is 0. The Morgan fingerprint density at radius 1 is 1.36 bits per heavy atom. The molecule has 0 atom stereocenters. The van der Waals surface area contributed by atoms with Crippen molar-refractivity contribution in [3.8, 4) is 0 Å². The summed E-state index contributed by atoms with van der Waals surface area (Å²) in [7, 11) is 0. The van der Waals surface area contributed by atoms with Crippen LogP contribution in [0.1, 0.15) is 40.3 Å². The maximum absolute atomic E-state index is 11.6. The number of Topliss-reactive ketones (excluding diaryl/α,β-unsaturated/α-hetero) is 1. The molecule has 0 saturated heterocycles. The fraction of sp³-hybridized carbons (Fsp3) is 0.636. The summed E-state index contributed by atoms with van der Waals surface area (Å²) in [6.45, 7) is 9.69. The molecule has 78 valence electrons. The Hall–Kier alpha value is -1.12. The van der Waals surface area contributed by atoms with Gasteiger partial charge >= 0.3 is 0 Å². The lowest BCUT2D eigenvalue weighted by Gasteiger charge is -2.38. The molecule has 3 nitrogen and oxygen atoms in total. The molecular formula is C11H18N2O. The lowest BCUT2D eigenvalue weighted by Crippen LogP contribution is -2.42. The van der Waals surface area contributed by atoms with Gasteiger partial charge in [0.05, 0.1) is 6.33 Å². The van der Waals surface area contributed by atoms with Crippen molar-refractivity contribution in [2.24, 2.45) is 5.41 Å². The summed E-state index contributed by atoms with van der Waals surface area (Å²) < 4.78 is 0. The minimum absolute atomic E-state index is 0.192. The van der Waals surface area contributed by atoms with Crippen LogP contribution in [0.4, 0.5) is 0 Å². The lowest BCUT2D eigenvalue weighted by atomic mass is 9.64. The normalized spacial score (nSPS) is 12.9. The second-order valence-corrected chi connectivity index (χ2v) is 4.77. The van der Waals surface area contributed by atoms with E-state index in [9.17, 15) is 4.79 Å². The summed E-state index contributed by atoms with van der Waals surface area (Å²) in [4.78, 5) is 18.6. The Morgan fingerprint density at radius 2 is 1.93 bits per heavy atom. The van der Waals surface area contributed by atoms with Crippen molar-refractivity contribution in [2.75, 3.05) is 0 Å². The third-order valence-electron chi connectivity index (χ3n) is 3.61. The number of hydrogen-bond donors (Lipinski definition) is 1. The molecule has 1 aromatic heterocycles.